The maximum absolute atomic E-state index is 5.61. The molecular formula is C15H19BrN2O. The molecule has 2 rings (SSSR count). The van der Waals surface area contributed by atoms with Gasteiger partial charge in [-0.05, 0) is 51.5 Å². The summed E-state index contributed by atoms with van der Waals surface area (Å²) in [5, 5.41) is 0. The summed E-state index contributed by atoms with van der Waals surface area (Å²) in [6, 6.07) is 12.4. The molecule has 0 bridgehead atoms. The standard InChI is InChI=1S/C15H19BrN2O/c1-10(2)12-5-3-11(4-6-12)9-13(18-17)14-7-8-15(16)19-14/h3-8,10,13,18H,9,17H2,1-2H3. The third-order valence-corrected chi connectivity index (χ3v) is 3.65. The summed E-state index contributed by atoms with van der Waals surface area (Å²) in [5.74, 6) is 7.00. The van der Waals surface area contributed by atoms with Crippen LogP contribution < -0.4 is 11.3 Å². The molecule has 1 aromatic carbocycles. The first kappa shape index (κ1) is 14.3. The van der Waals surface area contributed by atoms with Gasteiger partial charge in [-0.3, -0.25) is 5.84 Å². The molecule has 0 fully saturated rings. The van der Waals surface area contributed by atoms with E-state index in [0.717, 1.165) is 16.9 Å². The van der Waals surface area contributed by atoms with Crippen molar-refractivity contribution >= 4 is 15.9 Å². The zero-order chi connectivity index (χ0) is 13.8. The van der Waals surface area contributed by atoms with Gasteiger partial charge in [0.25, 0.3) is 0 Å². The lowest BCUT2D eigenvalue weighted by Crippen LogP contribution is -2.29. The highest BCUT2D eigenvalue weighted by molar-refractivity contribution is 9.10. The van der Waals surface area contributed by atoms with E-state index in [1.165, 1.54) is 11.1 Å². The average Bonchev–Trinajstić information content (AvgIpc) is 2.83. The van der Waals surface area contributed by atoms with Gasteiger partial charge in [0.15, 0.2) is 4.67 Å². The molecule has 1 unspecified atom stereocenters. The van der Waals surface area contributed by atoms with Gasteiger partial charge in [-0.15, -0.1) is 0 Å². The summed E-state index contributed by atoms with van der Waals surface area (Å²) in [7, 11) is 0. The van der Waals surface area contributed by atoms with Gasteiger partial charge in [0.05, 0.1) is 6.04 Å². The number of hydrogen-bond acceptors (Lipinski definition) is 3. The fraction of sp³-hybridized carbons (Fsp3) is 0.333. The third kappa shape index (κ3) is 3.69. The van der Waals surface area contributed by atoms with Crippen LogP contribution in [0.4, 0.5) is 0 Å². The molecule has 0 aliphatic heterocycles. The van der Waals surface area contributed by atoms with Crippen molar-refractivity contribution in [3.63, 3.8) is 0 Å². The maximum atomic E-state index is 5.61. The lowest BCUT2D eigenvalue weighted by atomic mass is 9.98. The first-order chi connectivity index (χ1) is 9.10. The Bertz CT molecular complexity index is 519. The molecule has 0 saturated heterocycles. The van der Waals surface area contributed by atoms with Crippen molar-refractivity contribution < 1.29 is 4.42 Å². The molecule has 3 N–H and O–H groups in total. The molecule has 19 heavy (non-hydrogen) atoms. The Morgan fingerprint density at radius 3 is 2.32 bits per heavy atom. The third-order valence-electron chi connectivity index (χ3n) is 3.22. The van der Waals surface area contributed by atoms with Crippen LogP contribution in [0.5, 0.6) is 0 Å². The number of benzene rings is 1. The van der Waals surface area contributed by atoms with Crippen molar-refractivity contribution in [3.8, 4) is 0 Å². The van der Waals surface area contributed by atoms with Crippen LogP contribution in [0.25, 0.3) is 0 Å². The Kier molecular flexibility index (Phi) is 4.80. The number of halogens is 1. The summed E-state index contributed by atoms with van der Waals surface area (Å²) in [6.07, 6.45) is 0.800. The number of nitrogens with one attached hydrogen (secondary N) is 1. The van der Waals surface area contributed by atoms with Crippen molar-refractivity contribution in [2.45, 2.75) is 32.2 Å². The van der Waals surface area contributed by atoms with Gasteiger partial charge < -0.3 is 4.42 Å². The summed E-state index contributed by atoms with van der Waals surface area (Å²) >= 11 is 3.31. The largest absolute Gasteiger partial charge is 0.453 e. The van der Waals surface area contributed by atoms with Crippen LogP contribution >= 0.6 is 15.9 Å². The second kappa shape index (κ2) is 6.37. The molecule has 0 radical (unpaired) electrons. The highest BCUT2D eigenvalue weighted by Crippen LogP contribution is 2.24. The zero-order valence-electron chi connectivity index (χ0n) is 11.2. The highest BCUT2D eigenvalue weighted by Gasteiger charge is 2.14. The Morgan fingerprint density at radius 2 is 1.84 bits per heavy atom. The predicted octanol–water partition coefficient (Wildman–Crippen LogP) is 3.91. The van der Waals surface area contributed by atoms with Gasteiger partial charge in [-0.2, -0.15) is 0 Å². The van der Waals surface area contributed by atoms with Crippen LogP contribution in [0, 0.1) is 0 Å². The highest BCUT2D eigenvalue weighted by atomic mass is 79.9. The van der Waals surface area contributed by atoms with Gasteiger partial charge in [0.1, 0.15) is 5.76 Å². The molecule has 1 heterocycles. The topological polar surface area (TPSA) is 51.2 Å². The summed E-state index contributed by atoms with van der Waals surface area (Å²) in [4.78, 5) is 0. The summed E-state index contributed by atoms with van der Waals surface area (Å²) in [6.45, 7) is 4.39. The Morgan fingerprint density at radius 1 is 1.16 bits per heavy atom. The SMILES string of the molecule is CC(C)c1ccc(CC(NN)c2ccc(Br)o2)cc1. The lowest BCUT2D eigenvalue weighted by Gasteiger charge is -2.14. The molecular weight excluding hydrogens is 304 g/mol. The molecule has 3 nitrogen and oxygen atoms in total. The molecule has 0 saturated carbocycles. The minimum absolute atomic E-state index is 0.0174. The number of furan rings is 1. The van der Waals surface area contributed by atoms with Gasteiger partial charge in [-0.25, -0.2) is 5.43 Å². The quantitative estimate of drug-likeness (QED) is 0.648. The Balaban J connectivity index is 2.10. The number of rotatable bonds is 5. The summed E-state index contributed by atoms with van der Waals surface area (Å²) < 4.78 is 6.27. The maximum Gasteiger partial charge on any atom is 0.169 e. The van der Waals surface area contributed by atoms with E-state index < -0.39 is 0 Å². The molecule has 1 atom stereocenters. The molecule has 102 valence electrons. The minimum atomic E-state index is -0.0174. The first-order valence-corrected chi connectivity index (χ1v) is 7.19. The van der Waals surface area contributed by atoms with Crippen molar-refractivity contribution in [1.82, 2.24) is 5.43 Å². The average molecular weight is 323 g/mol. The van der Waals surface area contributed by atoms with E-state index >= 15 is 0 Å². The molecule has 2 aromatic rings. The smallest absolute Gasteiger partial charge is 0.169 e. The van der Waals surface area contributed by atoms with Crippen LogP contribution in [-0.2, 0) is 6.42 Å². The number of hydrogen-bond donors (Lipinski definition) is 2. The Labute approximate surface area is 122 Å². The van der Waals surface area contributed by atoms with Gasteiger partial charge in [0, 0.05) is 0 Å². The van der Waals surface area contributed by atoms with E-state index in [1.807, 2.05) is 12.1 Å². The van der Waals surface area contributed by atoms with E-state index in [9.17, 15) is 0 Å². The van der Waals surface area contributed by atoms with E-state index in [1.54, 1.807) is 0 Å². The first-order valence-electron chi connectivity index (χ1n) is 6.40. The van der Waals surface area contributed by atoms with Crippen molar-refractivity contribution in [3.05, 3.63) is 58.0 Å². The van der Waals surface area contributed by atoms with Crippen molar-refractivity contribution in [2.24, 2.45) is 5.84 Å². The van der Waals surface area contributed by atoms with Crippen molar-refractivity contribution in [1.29, 1.82) is 0 Å². The second-order valence-corrected chi connectivity index (χ2v) is 5.74. The molecule has 1 aromatic heterocycles. The van der Waals surface area contributed by atoms with Crippen LogP contribution in [0.15, 0.2) is 45.5 Å². The Hall–Kier alpha value is -1.10. The van der Waals surface area contributed by atoms with E-state index in [0.29, 0.717) is 5.92 Å². The molecule has 0 spiro atoms. The zero-order valence-corrected chi connectivity index (χ0v) is 12.8. The van der Waals surface area contributed by atoms with Gasteiger partial charge in [-0.1, -0.05) is 38.1 Å². The van der Waals surface area contributed by atoms with Gasteiger partial charge >= 0.3 is 0 Å². The fourth-order valence-corrected chi connectivity index (χ4v) is 2.35. The predicted molar refractivity (Wildman–Crippen MR) is 80.7 cm³/mol. The lowest BCUT2D eigenvalue weighted by molar-refractivity contribution is 0.404. The molecule has 0 aliphatic rings. The van der Waals surface area contributed by atoms with Crippen molar-refractivity contribution in [2.75, 3.05) is 0 Å². The van der Waals surface area contributed by atoms with Gasteiger partial charge in [0.2, 0.25) is 0 Å². The second-order valence-electron chi connectivity index (χ2n) is 4.96. The fourth-order valence-electron chi connectivity index (χ4n) is 2.03. The number of nitrogens with two attached hydrogens (primary N) is 1. The molecule has 0 amide bonds. The van der Waals surface area contributed by atoms with Crippen LogP contribution in [0.3, 0.4) is 0 Å². The van der Waals surface area contributed by atoms with E-state index in [-0.39, 0.29) is 6.04 Å². The van der Waals surface area contributed by atoms with Crippen LogP contribution in [-0.4, -0.2) is 0 Å². The van der Waals surface area contributed by atoms with Crippen LogP contribution in [0.1, 0.15) is 42.7 Å². The van der Waals surface area contributed by atoms with E-state index in [2.05, 4.69) is 59.5 Å². The summed E-state index contributed by atoms with van der Waals surface area (Å²) in [5.41, 5.74) is 5.39. The van der Waals surface area contributed by atoms with E-state index in [4.69, 9.17) is 10.3 Å². The molecule has 0 aliphatic carbocycles. The number of hydrazine groups is 1. The monoisotopic (exact) mass is 322 g/mol. The molecule has 4 heteroatoms. The minimum Gasteiger partial charge on any atom is -0.453 e. The van der Waals surface area contributed by atoms with Crippen LogP contribution in [0.2, 0.25) is 0 Å². The normalized spacial score (nSPS) is 12.9.